The smallest absolute Gasteiger partial charge is 0.234 e. The van der Waals surface area contributed by atoms with Crippen LogP contribution >= 0.6 is 11.3 Å². The Kier molecular flexibility index (Phi) is 5.29. The van der Waals surface area contributed by atoms with Crippen molar-refractivity contribution in [1.29, 1.82) is 5.41 Å². The van der Waals surface area contributed by atoms with E-state index in [0.29, 0.717) is 29.9 Å². The highest BCUT2D eigenvalue weighted by Gasteiger charge is 2.27. The highest BCUT2D eigenvalue weighted by molar-refractivity contribution is 7.19. The Labute approximate surface area is 184 Å². The van der Waals surface area contributed by atoms with Crippen molar-refractivity contribution in [3.8, 4) is 0 Å². The molecule has 1 atom stereocenters. The number of hydrogen-bond donors (Lipinski definition) is 5. The number of hydrogen-bond acceptors (Lipinski definition) is 8. The first-order valence-corrected chi connectivity index (χ1v) is 11.4. The Morgan fingerprint density at radius 1 is 1.26 bits per heavy atom. The molecule has 1 amide bonds. The average molecular weight is 436 g/mol. The molecule has 1 fully saturated rings. The first kappa shape index (κ1) is 19.9. The zero-order valence-corrected chi connectivity index (χ0v) is 17.9. The number of aromatic nitrogens is 2. The lowest BCUT2D eigenvalue weighted by molar-refractivity contribution is -0.120. The summed E-state index contributed by atoms with van der Waals surface area (Å²) in [5.41, 5.74) is 9.29. The Balaban J connectivity index is 1.34. The fraction of sp³-hybridized carbons (Fsp3) is 0.364. The first-order valence-electron chi connectivity index (χ1n) is 10.6. The zero-order chi connectivity index (χ0) is 21.4. The summed E-state index contributed by atoms with van der Waals surface area (Å²) in [6.07, 6.45) is 7.84. The van der Waals surface area contributed by atoms with Crippen LogP contribution in [0.4, 0.5) is 17.2 Å². The van der Waals surface area contributed by atoms with Crippen molar-refractivity contribution < 1.29 is 4.79 Å². The number of thiophene rings is 1. The normalized spacial score (nSPS) is 17.9. The summed E-state index contributed by atoms with van der Waals surface area (Å²) >= 11 is 1.71. The van der Waals surface area contributed by atoms with Gasteiger partial charge in [0.25, 0.3) is 0 Å². The minimum atomic E-state index is 0.0924. The highest BCUT2D eigenvalue weighted by atomic mass is 32.1. The van der Waals surface area contributed by atoms with Gasteiger partial charge in [0.2, 0.25) is 5.91 Å². The van der Waals surface area contributed by atoms with Crippen LogP contribution in [0.25, 0.3) is 10.2 Å². The van der Waals surface area contributed by atoms with Crippen LogP contribution in [0.3, 0.4) is 0 Å². The molecule has 6 N–H and O–H groups in total. The number of nitrogens with zero attached hydrogens (tertiary/aromatic N) is 2. The van der Waals surface area contributed by atoms with E-state index in [4.69, 9.17) is 11.1 Å². The lowest BCUT2D eigenvalue weighted by Crippen LogP contribution is -2.42. The molecular weight excluding hydrogens is 410 g/mol. The van der Waals surface area contributed by atoms with Crippen molar-refractivity contribution in [2.45, 2.75) is 44.2 Å². The Hall–Kier alpha value is -3.04. The summed E-state index contributed by atoms with van der Waals surface area (Å²) in [7, 11) is 0. The monoisotopic (exact) mass is 435 g/mol. The third-order valence-electron chi connectivity index (χ3n) is 5.84. The number of benzene rings is 1. The van der Waals surface area contributed by atoms with Gasteiger partial charge in [0.05, 0.1) is 11.9 Å². The fourth-order valence-corrected chi connectivity index (χ4v) is 5.30. The van der Waals surface area contributed by atoms with Gasteiger partial charge in [0.15, 0.2) is 0 Å². The van der Waals surface area contributed by atoms with Crippen molar-refractivity contribution in [3.05, 3.63) is 40.5 Å². The molecule has 3 aromatic rings. The third kappa shape index (κ3) is 4.24. The molecule has 31 heavy (non-hydrogen) atoms. The maximum atomic E-state index is 12.0. The van der Waals surface area contributed by atoms with Gasteiger partial charge in [-0.3, -0.25) is 4.79 Å². The minimum absolute atomic E-state index is 0.0924. The Bertz CT molecular complexity index is 1150. The van der Waals surface area contributed by atoms with E-state index < -0.39 is 0 Å². The molecule has 1 aromatic carbocycles. The molecule has 1 unspecified atom stereocenters. The summed E-state index contributed by atoms with van der Waals surface area (Å²) in [4.78, 5) is 23.3. The maximum Gasteiger partial charge on any atom is 0.234 e. The van der Waals surface area contributed by atoms with Crippen LogP contribution in [-0.4, -0.2) is 40.7 Å². The molecule has 9 heteroatoms. The van der Waals surface area contributed by atoms with Gasteiger partial charge in [-0.15, -0.1) is 11.3 Å². The van der Waals surface area contributed by atoms with E-state index in [-0.39, 0.29) is 5.91 Å². The maximum absolute atomic E-state index is 12.0. The van der Waals surface area contributed by atoms with Crippen LogP contribution < -0.4 is 21.7 Å². The summed E-state index contributed by atoms with van der Waals surface area (Å²) < 4.78 is 0. The van der Waals surface area contributed by atoms with E-state index in [1.165, 1.54) is 16.7 Å². The molecule has 8 nitrogen and oxygen atoms in total. The first-order chi connectivity index (χ1) is 15.1. The number of fused-ring (bicyclic) bond motifs is 3. The number of anilines is 3. The molecule has 160 valence electrons. The summed E-state index contributed by atoms with van der Waals surface area (Å²) in [6, 6.07) is 6.22. The predicted octanol–water partition coefficient (Wildman–Crippen LogP) is 2.74. The number of nitrogens with two attached hydrogens (primary N) is 1. The van der Waals surface area contributed by atoms with Gasteiger partial charge in [-0.25, -0.2) is 9.97 Å². The Morgan fingerprint density at radius 2 is 2.13 bits per heavy atom. The molecule has 1 saturated carbocycles. The molecule has 2 aromatic heterocycles. The minimum Gasteiger partial charge on any atom is -0.398 e. The quantitative estimate of drug-likeness (QED) is 0.287. The Morgan fingerprint density at radius 3 is 2.94 bits per heavy atom. The lowest BCUT2D eigenvalue weighted by atomic mass is 9.93. The van der Waals surface area contributed by atoms with Crippen molar-refractivity contribution in [3.63, 3.8) is 0 Å². The van der Waals surface area contributed by atoms with Gasteiger partial charge in [-0.1, -0.05) is 0 Å². The molecule has 0 saturated heterocycles. The number of carbonyl (C=O) groups excluding carboxylic acids is 1. The van der Waals surface area contributed by atoms with Gasteiger partial charge < -0.3 is 27.1 Å². The van der Waals surface area contributed by atoms with Gasteiger partial charge in [-0.05, 0) is 55.9 Å². The van der Waals surface area contributed by atoms with Crippen LogP contribution in [0.2, 0.25) is 0 Å². The number of amides is 1. The lowest BCUT2D eigenvalue weighted by Gasteiger charge is -2.23. The molecule has 0 spiro atoms. The molecule has 2 aliphatic carbocycles. The molecule has 2 aliphatic rings. The van der Waals surface area contributed by atoms with Crippen molar-refractivity contribution in [2.75, 3.05) is 17.6 Å². The highest BCUT2D eigenvalue weighted by Crippen LogP contribution is 2.39. The van der Waals surface area contributed by atoms with E-state index >= 15 is 0 Å². The van der Waals surface area contributed by atoms with Crippen LogP contribution in [0.5, 0.6) is 0 Å². The van der Waals surface area contributed by atoms with E-state index in [9.17, 15) is 4.79 Å². The van der Waals surface area contributed by atoms with Gasteiger partial charge in [0, 0.05) is 40.1 Å². The number of nitrogen functional groups attached to an aromatic ring is 1. The summed E-state index contributed by atoms with van der Waals surface area (Å²) in [6.45, 7) is 0.375. The zero-order valence-electron chi connectivity index (χ0n) is 17.1. The second kappa shape index (κ2) is 8.24. The van der Waals surface area contributed by atoms with E-state index in [0.717, 1.165) is 53.8 Å². The molecule has 2 heterocycles. The fourth-order valence-electron chi connectivity index (χ4n) is 4.04. The van der Waals surface area contributed by atoms with Crippen LogP contribution in [-0.2, 0) is 17.6 Å². The number of aryl methyl sites for hydroxylation is 1. The van der Waals surface area contributed by atoms with Crippen molar-refractivity contribution in [2.24, 2.45) is 0 Å². The third-order valence-corrected chi connectivity index (χ3v) is 7.01. The topological polar surface area (TPSA) is 129 Å². The van der Waals surface area contributed by atoms with Crippen LogP contribution in [0, 0.1) is 5.41 Å². The molecule has 5 rings (SSSR count). The molecule has 0 bridgehead atoms. The second-order valence-electron chi connectivity index (χ2n) is 8.18. The number of nitrogens with one attached hydrogen (secondary N) is 4. The molecule has 0 radical (unpaired) electrons. The van der Waals surface area contributed by atoms with E-state index in [1.807, 2.05) is 12.1 Å². The standard InChI is InChI=1S/C22H25N7OS/c23-9-12-7-15(4-6-17(12)24)29-21-20-16-5-3-14(25-10-19(30)28-13-1-2-13)8-18(16)31-22(20)27-11-26-21/h4,6-7,9,11,13-14,23,25H,1-3,5,8,10,24H2,(H,28,30)(H,26,27,29). The number of rotatable bonds is 7. The second-order valence-corrected chi connectivity index (χ2v) is 9.27. The largest absolute Gasteiger partial charge is 0.398 e. The predicted molar refractivity (Wildman–Crippen MR) is 124 cm³/mol. The van der Waals surface area contributed by atoms with Crippen LogP contribution in [0.1, 0.15) is 35.3 Å². The average Bonchev–Trinajstić information content (AvgIpc) is 3.50. The van der Waals surface area contributed by atoms with E-state index in [2.05, 4.69) is 25.9 Å². The van der Waals surface area contributed by atoms with Crippen molar-refractivity contribution >= 4 is 50.9 Å². The van der Waals surface area contributed by atoms with Gasteiger partial charge >= 0.3 is 0 Å². The van der Waals surface area contributed by atoms with Crippen molar-refractivity contribution in [1.82, 2.24) is 20.6 Å². The van der Waals surface area contributed by atoms with Crippen LogP contribution in [0.15, 0.2) is 24.5 Å². The van der Waals surface area contributed by atoms with Gasteiger partial charge in [0.1, 0.15) is 17.0 Å². The SMILES string of the molecule is N=Cc1cc(Nc2ncnc3sc4c(c23)CCC(NCC(=O)NC2CC2)C4)ccc1N. The van der Waals surface area contributed by atoms with E-state index in [1.54, 1.807) is 23.7 Å². The number of carbonyl (C=O) groups is 1. The van der Waals surface area contributed by atoms with Gasteiger partial charge in [-0.2, -0.15) is 0 Å². The molecular formula is C22H25N7OS. The summed E-state index contributed by atoms with van der Waals surface area (Å²) in [5, 5.41) is 18.4. The summed E-state index contributed by atoms with van der Waals surface area (Å²) in [5.74, 6) is 0.869. The molecule has 0 aliphatic heterocycles.